The van der Waals surface area contributed by atoms with Gasteiger partial charge in [0, 0.05) is 13.1 Å². The van der Waals surface area contributed by atoms with Gasteiger partial charge in [-0.05, 0) is 17.4 Å². The summed E-state index contributed by atoms with van der Waals surface area (Å²) >= 11 is 0. The lowest BCUT2D eigenvalue weighted by Gasteiger charge is -2.38. The number of carboxylic acids is 1. The van der Waals surface area contributed by atoms with Crippen LogP contribution >= 0.6 is 0 Å². The second kappa shape index (κ2) is 6.61. The molecular weight excluding hydrogens is 270 g/mol. The number of amides is 1. The first-order valence-electron chi connectivity index (χ1n) is 7.17. The van der Waals surface area contributed by atoms with Gasteiger partial charge in [-0.2, -0.15) is 0 Å². The Morgan fingerprint density at radius 2 is 1.76 bits per heavy atom. The van der Waals surface area contributed by atoms with Crippen molar-refractivity contribution < 1.29 is 19.4 Å². The molecule has 0 spiro atoms. The fraction of sp³-hybridized carbons (Fsp3) is 0.500. The second-order valence-corrected chi connectivity index (χ2v) is 5.76. The van der Waals surface area contributed by atoms with Gasteiger partial charge >= 0.3 is 12.1 Å². The number of carboxylic acid groups (broad SMARTS) is 1. The third kappa shape index (κ3) is 3.74. The maximum atomic E-state index is 12.1. The van der Waals surface area contributed by atoms with Gasteiger partial charge in [-0.15, -0.1) is 0 Å². The van der Waals surface area contributed by atoms with E-state index >= 15 is 0 Å². The van der Waals surface area contributed by atoms with Crippen molar-refractivity contribution in [1.29, 1.82) is 0 Å². The number of rotatable bonds is 3. The van der Waals surface area contributed by atoms with Crippen molar-refractivity contribution in [2.45, 2.75) is 20.5 Å². The van der Waals surface area contributed by atoms with E-state index in [0.29, 0.717) is 13.1 Å². The molecule has 1 aliphatic rings. The quantitative estimate of drug-likeness (QED) is 0.929. The third-order valence-electron chi connectivity index (χ3n) is 3.99. The average molecular weight is 291 g/mol. The molecule has 1 saturated heterocycles. The molecule has 2 rings (SSSR count). The van der Waals surface area contributed by atoms with Gasteiger partial charge in [-0.3, -0.25) is 4.79 Å². The molecule has 1 heterocycles. The lowest BCUT2D eigenvalue weighted by molar-refractivity contribution is -0.147. The Hall–Kier alpha value is -2.04. The van der Waals surface area contributed by atoms with E-state index in [2.05, 4.69) is 0 Å². The van der Waals surface area contributed by atoms with Crippen molar-refractivity contribution in [3.8, 4) is 0 Å². The Morgan fingerprint density at radius 3 is 2.29 bits per heavy atom. The van der Waals surface area contributed by atoms with E-state index in [1.165, 1.54) is 0 Å². The van der Waals surface area contributed by atoms with E-state index in [1.807, 2.05) is 44.2 Å². The largest absolute Gasteiger partial charge is 0.481 e. The standard InChI is InChI=1S/C16H21NO4/c1-11-8-17(9-12(2)14(11)15(18)19)16(20)21-10-13-6-4-3-5-7-13/h3-7,11-12,14H,8-10H2,1-2H3,(H,18,19). The molecule has 1 N–H and O–H groups in total. The number of carbonyl (C=O) groups excluding carboxylic acids is 1. The summed E-state index contributed by atoms with van der Waals surface area (Å²) in [4.78, 5) is 24.9. The predicted molar refractivity (Wildman–Crippen MR) is 77.7 cm³/mol. The molecule has 1 aliphatic heterocycles. The first-order valence-corrected chi connectivity index (χ1v) is 7.17. The van der Waals surface area contributed by atoms with Gasteiger partial charge < -0.3 is 14.7 Å². The summed E-state index contributed by atoms with van der Waals surface area (Å²) in [5, 5.41) is 9.22. The number of aliphatic carboxylic acids is 1. The number of benzene rings is 1. The predicted octanol–water partition coefficient (Wildman–Crippen LogP) is 2.61. The fourth-order valence-corrected chi connectivity index (χ4v) is 3.00. The smallest absolute Gasteiger partial charge is 0.410 e. The van der Waals surface area contributed by atoms with E-state index in [0.717, 1.165) is 5.56 Å². The zero-order valence-electron chi connectivity index (χ0n) is 12.4. The van der Waals surface area contributed by atoms with Crippen LogP contribution in [0.5, 0.6) is 0 Å². The maximum absolute atomic E-state index is 12.1. The van der Waals surface area contributed by atoms with Crippen molar-refractivity contribution >= 4 is 12.1 Å². The molecule has 0 saturated carbocycles. The van der Waals surface area contributed by atoms with Crippen LogP contribution in [-0.2, 0) is 16.1 Å². The SMILES string of the molecule is CC1CN(C(=O)OCc2ccccc2)CC(C)C1C(=O)O. The van der Waals surface area contributed by atoms with Gasteiger partial charge in [0.2, 0.25) is 0 Å². The molecule has 0 bridgehead atoms. The van der Waals surface area contributed by atoms with Crippen LogP contribution in [0.1, 0.15) is 19.4 Å². The summed E-state index contributed by atoms with van der Waals surface area (Å²) in [5.74, 6) is -1.33. The van der Waals surface area contributed by atoms with Crippen molar-refractivity contribution in [2.24, 2.45) is 17.8 Å². The summed E-state index contributed by atoms with van der Waals surface area (Å²) in [6.45, 7) is 4.82. The Kier molecular flexibility index (Phi) is 4.83. The highest BCUT2D eigenvalue weighted by Crippen LogP contribution is 2.29. The minimum Gasteiger partial charge on any atom is -0.481 e. The molecule has 2 atom stereocenters. The van der Waals surface area contributed by atoms with Crippen LogP contribution in [0.2, 0.25) is 0 Å². The monoisotopic (exact) mass is 291 g/mol. The van der Waals surface area contributed by atoms with Crippen LogP contribution in [0.3, 0.4) is 0 Å². The third-order valence-corrected chi connectivity index (χ3v) is 3.99. The van der Waals surface area contributed by atoms with Crippen LogP contribution in [0.4, 0.5) is 4.79 Å². The summed E-state index contributed by atoms with van der Waals surface area (Å²) < 4.78 is 5.30. The first kappa shape index (κ1) is 15.4. The molecule has 1 aromatic rings. The second-order valence-electron chi connectivity index (χ2n) is 5.76. The Morgan fingerprint density at radius 1 is 1.19 bits per heavy atom. The van der Waals surface area contributed by atoms with Crippen LogP contribution in [0.15, 0.2) is 30.3 Å². The minimum atomic E-state index is -0.785. The molecule has 114 valence electrons. The molecule has 1 aromatic carbocycles. The molecule has 5 heteroatoms. The van der Waals surface area contributed by atoms with Crippen molar-refractivity contribution in [3.63, 3.8) is 0 Å². The molecule has 1 amide bonds. The zero-order valence-corrected chi connectivity index (χ0v) is 12.4. The number of carbonyl (C=O) groups is 2. The number of hydrogen-bond donors (Lipinski definition) is 1. The summed E-state index contributed by atoms with van der Waals surface area (Å²) in [7, 11) is 0. The van der Waals surface area contributed by atoms with E-state index in [4.69, 9.17) is 4.74 Å². The Labute approximate surface area is 124 Å². The lowest BCUT2D eigenvalue weighted by Crippen LogP contribution is -2.49. The van der Waals surface area contributed by atoms with Crippen molar-refractivity contribution in [3.05, 3.63) is 35.9 Å². The van der Waals surface area contributed by atoms with Crippen LogP contribution in [0, 0.1) is 17.8 Å². The summed E-state index contributed by atoms with van der Waals surface area (Å²) in [6, 6.07) is 9.49. The Balaban J connectivity index is 1.91. The number of ether oxygens (including phenoxy) is 1. The van der Waals surface area contributed by atoms with Gasteiger partial charge in [0.15, 0.2) is 0 Å². The highest BCUT2D eigenvalue weighted by molar-refractivity contribution is 5.72. The first-order chi connectivity index (χ1) is 9.99. The lowest BCUT2D eigenvalue weighted by atomic mass is 9.80. The van der Waals surface area contributed by atoms with Crippen molar-refractivity contribution in [2.75, 3.05) is 13.1 Å². The van der Waals surface area contributed by atoms with Gasteiger partial charge in [0.1, 0.15) is 6.61 Å². The van der Waals surface area contributed by atoms with Gasteiger partial charge in [0.05, 0.1) is 5.92 Å². The number of hydrogen-bond acceptors (Lipinski definition) is 3. The number of nitrogens with zero attached hydrogens (tertiary/aromatic N) is 1. The van der Waals surface area contributed by atoms with E-state index in [1.54, 1.807) is 4.90 Å². The molecule has 0 radical (unpaired) electrons. The zero-order chi connectivity index (χ0) is 15.4. The van der Waals surface area contributed by atoms with Crippen LogP contribution < -0.4 is 0 Å². The molecule has 21 heavy (non-hydrogen) atoms. The summed E-state index contributed by atoms with van der Waals surface area (Å²) in [6.07, 6.45) is -0.374. The fourth-order valence-electron chi connectivity index (χ4n) is 3.00. The van der Waals surface area contributed by atoms with E-state index < -0.39 is 11.9 Å². The highest BCUT2D eigenvalue weighted by atomic mass is 16.6. The van der Waals surface area contributed by atoms with Crippen LogP contribution in [0.25, 0.3) is 0 Å². The normalized spacial score (nSPS) is 25.4. The van der Waals surface area contributed by atoms with Gasteiger partial charge in [-0.1, -0.05) is 44.2 Å². The Bertz CT molecular complexity index is 490. The average Bonchev–Trinajstić information content (AvgIpc) is 2.44. The van der Waals surface area contributed by atoms with E-state index in [-0.39, 0.29) is 24.5 Å². The highest BCUT2D eigenvalue weighted by Gasteiger charge is 2.38. The number of piperidine rings is 1. The number of likely N-dealkylation sites (tertiary alicyclic amines) is 1. The molecule has 1 fully saturated rings. The van der Waals surface area contributed by atoms with Gasteiger partial charge in [-0.25, -0.2) is 4.79 Å². The molecular formula is C16H21NO4. The summed E-state index contributed by atoms with van der Waals surface area (Å²) in [5.41, 5.74) is 0.937. The topological polar surface area (TPSA) is 66.8 Å². The minimum absolute atomic E-state index is 0.0736. The molecule has 0 aliphatic carbocycles. The van der Waals surface area contributed by atoms with Crippen molar-refractivity contribution in [1.82, 2.24) is 4.90 Å². The van der Waals surface area contributed by atoms with Gasteiger partial charge in [0.25, 0.3) is 0 Å². The maximum Gasteiger partial charge on any atom is 0.410 e. The molecule has 0 aromatic heterocycles. The molecule has 5 nitrogen and oxygen atoms in total. The molecule has 2 unspecified atom stereocenters. The van der Waals surface area contributed by atoms with E-state index in [9.17, 15) is 14.7 Å². The van der Waals surface area contributed by atoms with Crippen LogP contribution in [-0.4, -0.2) is 35.2 Å².